The Morgan fingerprint density at radius 3 is 2.88 bits per heavy atom. The molecule has 1 aliphatic heterocycles. The van der Waals surface area contributed by atoms with Crippen molar-refractivity contribution in [3.8, 4) is 0 Å². The normalized spacial score (nSPS) is 17.8. The fourth-order valence-corrected chi connectivity index (χ4v) is 3.61. The molecular weight excluding hydrogens is 320 g/mol. The Kier molecular flexibility index (Phi) is 5.45. The van der Waals surface area contributed by atoms with E-state index in [1.54, 1.807) is 11.8 Å². The van der Waals surface area contributed by atoms with Crippen LogP contribution in [0.3, 0.4) is 0 Å². The van der Waals surface area contributed by atoms with Gasteiger partial charge < -0.3 is 14.8 Å². The van der Waals surface area contributed by atoms with Crippen LogP contribution in [0.2, 0.25) is 0 Å². The fourth-order valence-electron chi connectivity index (χ4n) is 3.20. The van der Waals surface area contributed by atoms with Crippen LogP contribution in [0, 0.1) is 0 Å². The summed E-state index contributed by atoms with van der Waals surface area (Å²) in [4.78, 5) is 20.2. The number of urea groups is 1. The van der Waals surface area contributed by atoms with E-state index in [0.29, 0.717) is 5.92 Å². The minimum Gasteiger partial charge on any atom is -0.335 e. The number of carbonyl (C=O) groups is 1. The van der Waals surface area contributed by atoms with Crippen molar-refractivity contribution in [2.24, 2.45) is 0 Å². The average molecular weight is 344 g/mol. The summed E-state index contributed by atoms with van der Waals surface area (Å²) in [7, 11) is 0. The van der Waals surface area contributed by atoms with E-state index in [0.717, 1.165) is 44.0 Å². The van der Waals surface area contributed by atoms with E-state index in [9.17, 15) is 4.79 Å². The van der Waals surface area contributed by atoms with Gasteiger partial charge in [0, 0.05) is 48.5 Å². The number of piperidine rings is 1. The summed E-state index contributed by atoms with van der Waals surface area (Å²) in [5, 5.41) is 3.01. The highest BCUT2D eigenvalue weighted by molar-refractivity contribution is 7.98. The molecule has 1 saturated heterocycles. The molecule has 1 N–H and O–H groups in total. The SMILES string of the molecule is CCn1ccnc1[C@@H]1CCCN(C(=O)Nc2ccc(SC)cc2)C1. The number of hydrogen-bond acceptors (Lipinski definition) is 3. The van der Waals surface area contributed by atoms with Crippen LogP contribution in [0.4, 0.5) is 10.5 Å². The van der Waals surface area contributed by atoms with E-state index in [1.165, 1.54) is 4.90 Å². The second kappa shape index (κ2) is 7.75. The predicted octanol–water partition coefficient (Wildman–Crippen LogP) is 4.04. The number of amides is 2. The Balaban J connectivity index is 1.64. The summed E-state index contributed by atoms with van der Waals surface area (Å²) in [5.74, 6) is 1.41. The largest absolute Gasteiger partial charge is 0.335 e. The summed E-state index contributed by atoms with van der Waals surface area (Å²) in [5.41, 5.74) is 0.843. The number of rotatable bonds is 4. The van der Waals surface area contributed by atoms with Crippen molar-refractivity contribution in [3.63, 3.8) is 0 Å². The van der Waals surface area contributed by atoms with Crippen molar-refractivity contribution in [1.82, 2.24) is 14.5 Å². The van der Waals surface area contributed by atoms with Crippen molar-refractivity contribution in [1.29, 1.82) is 0 Å². The summed E-state index contributed by atoms with van der Waals surface area (Å²) in [6.45, 7) is 4.57. The molecular formula is C18H24N4OS. The second-order valence-electron chi connectivity index (χ2n) is 6.02. The molecule has 2 amide bonds. The minimum atomic E-state index is -0.0220. The first kappa shape index (κ1) is 16.9. The van der Waals surface area contributed by atoms with E-state index in [1.807, 2.05) is 47.8 Å². The van der Waals surface area contributed by atoms with Gasteiger partial charge in [-0.3, -0.25) is 0 Å². The minimum absolute atomic E-state index is 0.0220. The monoisotopic (exact) mass is 344 g/mol. The third-order valence-electron chi connectivity index (χ3n) is 4.50. The molecule has 128 valence electrons. The zero-order valence-electron chi connectivity index (χ0n) is 14.2. The third kappa shape index (κ3) is 3.75. The first-order chi connectivity index (χ1) is 11.7. The standard InChI is InChI=1S/C18H24N4OS/c1-3-21-12-10-19-17(21)14-5-4-11-22(13-14)18(23)20-15-6-8-16(24-2)9-7-15/h6-10,12,14H,3-5,11,13H2,1-2H3,(H,20,23)/t14-/m1/s1. The van der Waals surface area contributed by atoms with E-state index >= 15 is 0 Å². The second-order valence-corrected chi connectivity index (χ2v) is 6.89. The number of thioether (sulfide) groups is 1. The van der Waals surface area contributed by atoms with Crippen molar-refractivity contribution >= 4 is 23.5 Å². The fraction of sp³-hybridized carbons (Fsp3) is 0.444. The first-order valence-electron chi connectivity index (χ1n) is 8.42. The Morgan fingerprint density at radius 2 is 2.17 bits per heavy atom. The molecule has 2 aromatic rings. The number of nitrogens with one attached hydrogen (secondary N) is 1. The van der Waals surface area contributed by atoms with Gasteiger partial charge in [0.2, 0.25) is 0 Å². The topological polar surface area (TPSA) is 50.2 Å². The molecule has 0 spiro atoms. The lowest BCUT2D eigenvalue weighted by Gasteiger charge is -2.32. The average Bonchev–Trinajstić information content (AvgIpc) is 3.11. The molecule has 6 heteroatoms. The molecule has 0 radical (unpaired) electrons. The molecule has 5 nitrogen and oxygen atoms in total. The van der Waals surface area contributed by atoms with Gasteiger partial charge in [-0.25, -0.2) is 9.78 Å². The van der Waals surface area contributed by atoms with Crippen LogP contribution >= 0.6 is 11.8 Å². The number of aromatic nitrogens is 2. The molecule has 0 aliphatic carbocycles. The Labute approximate surface area is 147 Å². The van der Waals surface area contributed by atoms with Crippen molar-refractivity contribution < 1.29 is 4.79 Å². The number of benzene rings is 1. The highest BCUT2D eigenvalue weighted by Gasteiger charge is 2.27. The van der Waals surface area contributed by atoms with Gasteiger partial charge in [-0.15, -0.1) is 11.8 Å². The smallest absolute Gasteiger partial charge is 0.321 e. The van der Waals surface area contributed by atoms with Crippen LogP contribution in [0.15, 0.2) is 41.6 Å². The maximum Gasteiger partial charge on any atom is 0.321 e. The zero-order chi connectivity index (χ0) is 16.9. The zero-order valence-corrected chi connectivity index (χ0v) is 15.1. The molecule has 1 aromatic heterocycles. The summed E-state index contributed by atoms with van der Waals surface area (Å²) < 4.78 is 2.17. The summed E-state index contributed by atoms with van der Waals surface area (Å²) in [6, 6.07) is 7.93. The van der Waals surface area contributed by atoms with Gasteiger partial charge >= 0.3 is 6.03 Å². The molecule has 2 heterocycles. The molecule has 1 aromatic carbocycles. The molecule has 24 heavy (non-hydrogen) atoms. The van der Waals surface area contributed by atoms with Crippen LogP contribution in [0.5, 0.6) is 0 Å². The van der Waals surface area contributed by atoms with Crippen LogP contribution in [-0.2, 0) is 6.54 Å². The lowest BCUT2D eigenvalue weighted by molar-refractivity contribution is 0.190. The van der Waals surface area contributed by atoms with Gasteiger partial charge in [0.25, 0.3) is 0 Å². The van der Waals surface area contributed by atoms with Crippen molar-refractivity contribution in [3.05, 3.63) is 42.5 Å². The van der Waals surface area contributed by atoms with E-state index < -0.39 is 0 Å². The van der Waals surface area contributed by atoms with Gasteiger partial charge in [0.1, 0.15) is 5.82 Å². The number of hydrogen-bond donors (Lipinski definition) is 1. The highest BCUT2D eigenvalue weighted by atomic mass is 32.2. The summed E-state index contributed by atoms with van der Waals surface area (Å²) >= 11 is 1.69. The molecule has 0 bridgehead atoms. The Hall–Kier alpha value is -1.95. The number of aryl methyl sites for hydroxylation is 1. The molecule has 1 aliphatic rings. The van der Waals surface area contributed by atoms with E-state index in [2.05, 4.69) is 21.8 Å². The van der Waals surface area contributed by atoms with Crippen LogP contribution in [0.25, 0.3) is 0 Å². The Bertz CT molecular complexity index is 683. The van der Waals surface area contributed by atoms with Crippen molar-refractivity contribution in [2.45, 2.75) is 37.1 Å². The maximum absolute atomic E-state index is 12.6. The van der Waals surface area contributed by atoms with Gasteiger partial charge in [-0.2, -0.15) is 0 Å². The van der Waals surface area contributed by atoms with E-state index in [-0.39, 0.29) is 6.03 Å². The van der Waals surface area contributed by atoms with Gasteiger partial charge in [-0.1, -0.05) is 0 Å². The number of anilines is 1. The predicted molar refractivity (Wildman–Crippen MR) is 98.7 cm³/mol. The number of carbonyl (C=O) groups excluding carboxylic acids is 1. The van der Waals surface area contributed by atoms with Gasteiger partial charge in [0.05, 0.1) is 0 Å². The number of nitrogens with zero attached hydrogens (tertiary/aromatic N) is 3. The molecule has 1 fully saturated rings. The third-order valence-corrected chi connectivity index (χ3v) is 5.25. The van der Waals surface area contributed by atoms with Gasteiger partial charge in [0.15, 0.2) is 0 Å². The summed E-state index contributed by atoms with van der Waals surface area (Å²) in [6.07, 6.45) is 8.01. The van der Waals surface area contributed by atoms with Crippen LogP contribution < -0.4 is 5.32 Å². The lowest BCUT2D eigenvalue weighted by atomic mass is 9.97. The molecule has 0 unspecified atom stereocenters. The van der Waals surface area contributed by atoms with E-state index in [4.69, 9.17) is 0 Å². The number of imidazole rings is 1. The molecule has 3 rings (SSSR count). The van der Waals surface area contributed by atoms with Gasteiger partial charge in [-0.05, 0) is 50.3 Å². The lowest BCUT2D eigenvalue weighted by Crippen LogP contribution is -2.42. The van der Waals surface area contributed by atoms with Crippen molar-refractivity contribution in [2.75, 3.05) is 24.7 Å². The molecule has 0 saturated carbocycles. The van der Waals surface area contributed by atoms with Crippen LogP contribution in [0.1, 0.15) is 31.5 Å². The molecule has 1 atom stereocenters. The van der Waals surface area contributed by atoms with Crippen LogP contribution in [-0.4, -0.2) is 39.8 Å². The Morgan fingerprint density at radius 1 is 1.38 bits per heavy atom. The highest BCUT2D eigenvalue weighted by Crippen LogP contribution is 2.26. The number of likely N-dealkylation sites (tertiary alicyclic amines) is 1. The maximum atomic E-state index is 12.6. The first-order valence-corrected chi connectivity index (χ1v) is 9.64. The quantitative estimate of drug-likeness (QED) is 0.852.